The first-order chi connectivity index (χ1) is 22.3. The highest BCUT2D eigenvalue weighted by atomic mass is 15.1. The van der Waals surface area contributed by atoms with Crippen LogP contribution >= 0.6 is 0 Å². The third-order valence-corrected chi connectivity index (χ3v) is 7.87. The average molecular weight is 578 g/mol. The second kappa shape index (κ2) is 11.5. The highest BCUT2D eigenvalue weighted by Gasteiger charge is 2.16. The molecule has 45 heavy (non-hydrogen) atoms. The van der Waals surface area contributed by atoms with Crippen LogP contribution in [0.25, 0.3) is 73.4 Å². The molecule has 0 unspecified atom stereocenters. The van der Waals surface area contributed by atoms with E-state index in [1.54, 1.807) is 0 Å². The van der Waals surface area contributed by atoms with Gasteiger partial charge in [0, 0.05) is 27.9 Å². The van der Waals surface area contributed by atoms with E-state index in [0.717, 1.165) is 50.4 Å². The molecule has 8 aromatic rings. The smallest absolute Gasteiger partial charge is 0.164 e. The van der Waals surface area contributed by atoms with E-state index >= 15 is 0 Å². The number of rotatable bonds is 6. The normalized spacial score (nSPS) is 11.1. The predicted molar refractivity (Wildman–Crippen MR) is 182 cm³/mol. The molecule has 0 fully saturated rings. The summed E-state index contributed by atoms with van der Waals surface area (Å²) in [5.41, 5.74) is 9.19. The highest BCUT2D eigenvalue weighted by Crippen LogP contribution is 2.32. The molecule has 6 aromatic carbocycles. The minimum Gasteiger partial charge on any atom is -0.292 e. The van der Waals surface area contributed by atoms with E-state index in [-0.39, 0.29) is 0 Å². The van der Waals surface area contributed by atoms with Crippen LogP contribution in [-0.2, 0) is 0 Å². The van der Waals surface area contributed by atoms with Gasteiger partial charge in [-0.3, -0.25) is 4.57 Å². The number of aromatic nitrogens is 5. The van der Waals surface area contributed by atoms with Crippen molar-refractivity contribution in [3.63, 3.8) is 0 Å². The molecule has 0 N–H and O–H groups in total. The molecule has 5 heteroatoms. The Labute approximate surface area is 261 Å². The quantitative estimate of drug-likeness (QED) is 0.197. The summed E-state index contributed by atoms with van der Waals surface area (Å²) in [7, 11) is 0. The zero-order valence-electron chi connectivity index (χ0n) is 24.3. The van der Waals surface area contributed by atoms with Gasteiger partial charge >= 0.3 is 0 Å². The van der Waals surface area contributed by atoms with Crippen molar-refractivity contribution in [3.8, 4) is 62.4 Å². The lowest BCUT2D eigenvalue weighted by Gasteiger charge is -2.12. The van der Waals surface area contributed by atoms with E-state index in [9.17, 15) is 0 Å². The maximum atomic E-state index is 5.09. The van der Waals surface area contributed by atoms with Crippen LogP contribution in [0.3, 0.4) is 0 Å². The van der Waals surface area contributed by atoms with Crippen LogP contribution in [0, 0.1) is 0 Å². The molecule has 0 aliphatic heterocycles. The van der Waals surface area contributed by atoms with E-state index in [2.05, 4.69) is 95.6 Å². The summed E-state index contributed by atoms with van der Waals surface area (Å²) in [5, 5.41) is 0. The van der Waals surface area contributed by atoms with Crippen LogP contribution in [0.2, 0.25) is 0 Å². The topological polar surface area (TPSA) is 56.5 Å². The van der Waals surface area contributed by atoms with Gasteiger partial charge in [0.2, 0.25) is 0 Å². The van der Waals surface area contributed by atoms with Gasteiger partial charge < -0.3 is 0 Å². The number of benzene rings is 6. The van der Waals surface area contributed by atoms with Crippen molar-refractivity contribution in [2.24, 2.45) is 0 Å². The zero-order chi connectivity index (χ0) is 30.0. The Hall–Kier alpha value is -6.20. The molecule has 0 aliphatic carbocycles. The first kappa shape index (κ1) is 26.4. The van der Waals surface area contributed by atoms with E-state index < -0.39 is 0 Å². The Balaban J connectivity index is 1.23. The van der Waals surface area contributed by atoms with E-state index in [1.165, 1.54) is 5.56 Å². The van der Waals surface area contributed by atoms with Gasteiger partial charge in [-0.1, -0.05) is 140 Å². The molecular weight excluding hydrogens is 550 g/mol. The summed E-state index contributed by atoms with van der Waals surface area (Å²) >= 11 is 0. The molecule has 5 nitrogen and oxygen atoms in total. The molecule has 8 rings (SSSR count). The third-order valence-electron chi connectivity index (χ3n) is 7.87. The Kier molecular flexibility index (Phi) is 6.74. The maximum absolute atomic E-state index is 5.09. The molecule has 0 saturated carbocycles. The Morgan fingerprint density at radius 3 is 1.40 bits per heavy atom. The van der Waals surface area contributed by atoms with E-state index in [0.29, 0.717) is 17.5 Å². The Morgan fingerprint density at radius 1 is 0.333 bits per heavy atom. The molecular formula is C40H27N5. The number of nitrogens with zero attached hydrogens (tertiary/aromatic N) is 5. The van der Waals surface area contributed by atoms with Crippen molar-refractivity contribution in [1.29, 1.82) is 0 Å². The second-order valence-electron chi connectivity index (χ2n) is 10.8. The summed E-state index contributed by atoms with van der Waals surface area (Å²) < 4.78 is 2.24. The maximum Gasteiger partial charge on any atom is 0.164 e. The monoisotopic (exact) mass is 577 g/mol. The molecule has 0 atom stereocenters. The zero-order valence-corrected chi connectivity index (χ0v) is 24.3. The van der Waals surface area contributed by atoms with Crippen molar-refractivity contribution in [2.75, 3.05) is 0 Å². The fourth-order valence-corrected chi connectivity index (χ4v) is 5.64. The summed E-state index contributed by atoms with van der Waals surface area (Å²) in [6.07, 6.45) is 0. The van der Waals surface area contributed by atoms with Crippen LogP contribution in [0.1, 0.15) is 0 Å². The lowest BCUT2D eigenvalue weighted by atomic mass is 10.0. The predicted octanol–water partition coefficient (Wildman–Crippen LogP) is 9.55. The van der Waals surface area contributed by atoms with Crippen LogP contribution < -0.4 is 0 Å². The minimum atomic E-state index is 0.623. The van der Waals surface area contributed by atoms with Crippen LogP contribution in [0.5, 0.6) is 0 Å². The molecule has 2 aromatic heterocycles. The molecule has 0 saturated heterocycles. The first-order valence-electron chi connectivity index (χ1n) is 14.9. The molecule has 0 radical (unpaired) electrons. The Morgan fingerprint density at radius 2 is 0.800 bits per heavy atom. The molecule has 0 spiro atoms. The van der Waals surface area contributed by atoms with Crippen molar-refractivity contribution >= 4 is 11.0 Å². The lowest BCUT2D eigenvalue weighted by Crippen LogP contribution is -2.00. The Bertz CT molecular complexity index is 2180. The molecule has 0 bridgehead atoms. The summed E-state index contributed by atoms with van der Waals surface area (Å²) in [4.78, 5) is 19.7. The van der Waals surface area contributed by atoms with Gasteiger partial charge in [0.25, 0.3) is 0 Å². The van der Waals surface area contributed by atoms with Crippen molar-refractivity contribution in [2.45, 2.75) is 0 Å². The number of hydrogen-bond acceptors (Lipinski definition) is 4. The number of hydrogen-bond donors (Lipinski definition) is 0. The SMILES string of the molecule is c1ccc(-c2cccc(-n3c(-c4ccc(-c5nc(-c6ccccc6)nc(-c6ccccc6)n5)cc4)nc4ccccc43)c2)cc1. The fraction of sp³-hybridized carbons (Fsp3) is 0. The van der Waals surface area contributed by atoms with Gasteiger partial charge in [0.05, 0.1) is 11.0 Å². The molecule has 2 heterocycles. The van der Waals surface area contributed by atoms with Gasteiger partial charge in [-0.25, -0.2) is 19.9 Å². The number of imidazole rings is 1. The van der Waals surface area contributed by atoms with Gasteiger partial charge in [-0.15, -0.1) is 0 Å². The standard InChI is InChI=1S/C40H27N5/c1-4-13-28(14-5-1)33-19-12-20-34(27-33)45-36-22-11-10-21-35(36)41-40(45)32-25-23-31(24-26-32)39-43-37(29-15-6-2-7-16-29)42-38(44-39)30-17-8-3-9-18-30/h1-27H. The van der Waals surface area contributed by atoms with Gasteiger partial charge in [-0.05, 0) is 35.4 Å². The van der Waals surface area contributed by atoms with Crippen molar-refractivity contribution < 1.29 is 0 Å². The van der Waals surface area contributed by atoms with Gasteiger partial charge in [-0.2, -0.15) is 0 Å². The van der Waals surface area contributed by atoms with Crippen LogP contribution in [-0.4, -0.2) is 24.5 Å². The van der Waals surface area contributed by atoms with Crippen LogP contribution in [0.4, 0.5) is 0 Å². The highest BCUT2D eigenvalue weighted by molar-refractivity contribution is 5.84. The lowest BCUT2D eigenvalue weighted by molar-refractivity contribution is 1.07. The number of fused-ring (bicyclic) bond motifs is 1. The van der Waals surface area contributed by atoms with Gasteiger partial charge in [0.15, 0.2) is 17.5 Å². The van der Waals surface area contributed by atoms with Crippen molar-refractivity contribution in [3.05, 3.63) is 164 Å². The van der Waals surface area contributed by atoms with E-state index in [1.807, 2.05) is 72.8 Å². The molecule has 212 valence electrons. The third kappa shape index (κ3) is 5.17. The summed E-state index contributed by atoms with van der Waals surface area (Å²) in [6.45, 7) is 0. The van der Waals surface area contributed by atoms with Crippen LogP contribution in [0.15, 0.2) is 164 Å². The van der Waals surface area contributed by atoms with Gasteiger partial charge in [0.1, 0.15) is 5.82 Å². The van der Waals surface area contributed by atoms with Crippen molar-refractivity contribution in [1.82, 2.24) is 24.5 Å². The molecule has 0 aliphatic rings. The number of para-hydroxylation sites is 2. The summed E-state index contributed by atoms with van der Waals surface area (Å²) in [6, 6.07) is 55.7. The second-order valence-corrected chi connectivity index (χ2v) is 10.8. The largest absolute Gasteiger partial charge is 0.292 e. The average Bonchev–Trinajstić information content (AvgIpc) is 3.52. The summed E-state index contributed by atoms with van der Waals surface area (Å²) in [5.74, 6) is 2.78. The first-order valence-corrected chi connectivity index (χ1v) is 14.9. The minimum absolute atomic E-state index is 0.623. The molecule has 0 amide bonds. The van der Waals surface area contributed by atoms with E-state index in [4.69, 9.17) is 19.9 Å². The fourth-order valence-electron chi connectivity index (χ4n) is 5.64.